The molecule has 0 unspecified atom stereocenters. The van der Waals surface area contributed by atoms with Crippen molar-refractivity contribution in [3.8, 4) is 5.75 Å². The lowest BCUT2D eigenvalue weighted by Gasteiger charge is -2.07. The molecule has 20 heavy (non-hydrogen) atoms. The van der Waals surface area contributed by atoms with Crippen LogP contribution in [0.4, 0.5) is 11.5 Å². The molecule has 1 saturated carbocycles. The zero-order valence-corrected chi connectivity index (χ0v) is 10.8. The van der Waals surface area contributed by atoms with Crippen molar-refractivity contribution < 1.29 is 9.90 Å². The van der Waals surface area contributed by atoms with Crippen molar-refractivity contribution in [2.45, 2.75) is 18.9 Å². The van der Waals surface area contributed by atoms with E-state index in [4.69, 9.17) is 0 Å². The van der Waals surface area contributed by atoms with Crippen LogP contribution in [0.2, 0.25) is 0 Å². The van der Waals surface area contributed by atoms with Crippen LogP contribution in [0.5, 0.6) is 5.75 Å². The summed E-state index contributed by atoms with van der Waals surface area (Å²) in [5.41, 5.74) is 1.19. The van der Waals surface area contributed by atoms with E-state index < -0.39 is 0 Å². The maximum atomic E-state index is 12.1. The van der Waals surface area contributed by atoms with Crippen LogP contribution in [-0.4, -0.2) is 22.0 Å². The Labute approximate surface area is 116 Å². The van der Waals surface area contributed by atoms with Gasteiger partial charge in [0.15, 0.2) is 0 Å². The van der Waals surface area contributed by atoms with E-state index in [-0.39, 0.29) is 11.7 Å². The van der Waals surface area contributed by atoms with Crippen molar-refractivity contribution in [3.05, 3.63) is 48.2 Å². The second kappa shape index (κ2) is 5.21. The Morgan fingerprint density at radius 1 is 1.20 bits per heavy atom. The van der Waals surface area contributed by atoms with Crippen molar-refractivity contribution in [2.24, 2.45) is 0 Å². The highest BCUT2D eigenvalue weighted by atomic mass is 16.3. The van der Waals surface area contributed by atoms with E-state index in [1.54, 1.807) is 30.5 Å². The highest BCUT2D eigenvalue weighted by Gasteiger charge is 2.21. The first-order valence-corrected chi connectivity index (χ1v) is 6.54. The van der Waals surface area contributed by atoms with E-state index in [1.165, 1.54) is 12.1 Å². The van der Waals surface area contributed by atoms with E-state index in [1.807, 2.05) is 0 Å². The van der Waals surface area contributed by atoms with Gasteiger partial charge in [0.05, 0.1) is 0 Å². The monoisotopic (exact) mass is 269 g/mol. The minimum Gasteiger partial charge on any atom is -0.508 e. The molecule has 1 aliphatic carbocycles. The Balaban J connectivity index is 1.71. The van der Waals surface area contributed by atoms with Crippen LogP contribution in [0, 0.1) is 0 Å². The molecule has 0 saturated heterocycles. The van der Waals surface area contributed by atoms with E-state index in [0.717, 1.165) is 18.7 Å². The highest BCUT2D eigenvalue weighted by molar-refractivity contribution is 6.04. The van der Waals surface area contributed by atoms with Gasteiger partial charge in [-0.15, -0.1) is 0 Å². The van der Waals surface area contributed by atoms with Crippen molar-refractivity contribution in [3.63, 3.8) is 0 Å². The Bertz CT molecular complexity index is 621. The van der Waals surface area contributed by atoms with Crippen LogP contribution in [0.1, 0.15) is 23.2 Å². The molecule has 1 aliphatic rings. The van der Waals surface area contributed by atoms with Crippen LogP contribution in [0.3, 0.4) is 0 Å². The average Bonchev–Trinajstić information content (AvgIpc) is 3.25. The number of phenolic OH excluding ortho intramolecular Hbond substituents is 1. The number of carbonyl (C=O) groups is 1. The average molecular weight is 269 g/mol. The van der Waals surface area contributed by atoms with Crippen molar-refractivity contribution >= 4 is 17.4 Å². The molecule has 1 amide bonds. The molecule has 1 aromatic carbocycles. The first-order valence-electron chi connectivity index (χ1n) is 6.54. The van der Waals surface area contributed by atoms with Gasteiger partial charge in [-0.2, -0.15) is 0 Å². The topological polar surface area (TPSA) is 74.2 Å². The van der Waals surface area contributed by atoms with Crippen LogP contribution >= 0.6 is 0 Å². The largest absolute Gasteiger partial charge is 0.508 e. The molecule has 0 atom stereocenters. The molecule has 5 nitrogen and oxygen atoms in total. The summed E-state index contributed by atoms with van der Waals surface area (Å²) in [6.07, 6.45) is 3.94. The van der Waals surface area contributed by atoms with Gasteiger partial charge >= 0.3 is 0 Å². The van der Waals surface area contributed by atoms with E-state index in [2.05, 4.69) is 15.6 Å². The lowest BCUT2D eigenvalue weighted by Crippen LogP contribution is -2.13. The molecule has 0 spiro atoms. The van der Waals surface area contributed by atoms with E-state index in [0.29, 0.717) is 17.3 Å². The molecule has 1 heterocycles. The van der Waals surface area contributed by atoms with Gasteiger partial charge in [0.1, 0.15) is 11.6 Å². The SMILES string of the molecule is O=C(Nc1ccc(O)cc1)c1ccnc(NC2CC2)c1. The molecule has 0 radical (unpaired) electrons. The standard InChI is InChI=1S/C15H15N3O2/c19-13-5-3-12(4-6-13)18-15(20)10-7-8-16-14(9-10)17-11-1-2-11/h3-9,11,19H,1-2H2,(H,16,17)(H,18,20). The van der Waals surface area contributed by atoms with Gasteiger partial charge in [-0.05, 0) is 49.2 Å². The number of hydrogen-bond donors (Lipinski definition) is 3. The van der Waals surface area contributed by atoms with Crippen LogP contribution < -0.4 is 10.6 Å². The summed E-state index contributed by atoms with van der Waals surface area (Å²) in [4.78, 5) is 16.3. The number of anilines is 2. The number of aromatic hydroxyl groups is 1. The van der Waals surface area contributed by atoms with Crippen LogP contribution in [0.15, 0.2) is 42.6 Å². The second-order valence-corrected chi connectivity index (χ2v) is 4.85. The first kappa shape index (κ1) is 12.5. The van der Waals surface area contributed by atoms with E-state index in [9.17, 15) is 9.90 Å². The number of aromatic nitrogens is 1. The minimum atomic E-state index is -0.197. The summed E-state index contributed by atoms with van der Waals surface area (Å²) in [7, 11) is 0. The van der Waals surface area contributed by atoms with Crippen LogP contribution in [-0.2, 0) is 0 Å². The second-order valence-electron chi connectivity index (χ2n) is 4.85. The van der Waals surface area contributed by atoms with Gasteiger partial charge in [-0.25, -0.2) is 4.98 Å². The fourth-order valence-electron chi connectivity index (χ4n) is 1.84. The molecular weight excluding hydrogens is 254 g/mol. The zero-order chi connectivity index (χ0) is 13.9. The van der Waals surface area contributed by atoms with Gasteiger partial charge in [-0.1, -0.05) is 0 Å². The first-order chi connectivity index (χ1) is 9.70. The number of phenols is 1. The highest BCUT2D eigenvalue weighted by Crippen LogP contribution is 2.24. The van der Waals surface area contributed by atoms with Crippen molar-refractivity contribution in [1.82, 2.24) is 4.98 Å². The fourth-order valence-corrected chi connectivity index (χ4v) is 1.84. The number of nitrogens with one attached hydrogen (secondary N) is 2. The number of rotatable bonds is 4. The zero-order valence-electron chi connectivity index (χ0n) is 10.8. The molecule has 0 aliphatic heterocycles. The fraction of sp³-hybridized carbons (Fsp3) is 0.200. The van der Waals surface area contributed by atoms with Gasteiger partial charge in [-0.3, -0.25) is 4.79 Å². The van der Waals surface area contributed by atoms with Gasteiger partial charge in [0.25, 0.3) is 5.91 Å². The van der Waals surface area contributed by atoms with Gasteiger partial charge in [0, 0.05) is 23.5 Å². The third-order valence-corrected chi connectivity index (χ3v) is 3.08. The summed E-state index contributed by atoms with van der Waals surface area (Å²) in [6, 6.07) is 10.3. The van der Waals surface area contributed by atoms with Crippen molar-refractivity contribution in [1.29, 1.82) is 0 Å². The third-order valence-electron chi connectivity index (χ3n) is 3.08. The number of amides is 1. The minimum absolute atomic E-state index is 0.169. The molecule has 102 valence electrons. The predicted molar refractivity (Wildman–Crippen MR) is 76.9 cm³/mol. The number of hydrogen-bond acceptors (Lipinski definition) is 4. The Morgan fingerprint density at radius 3 is 2.65 bits per heavy atom. The van der Waals surface area contributed by atoms with Gasteiger partial charge in [0.2, 0.25) is 0 Å². The number of nitrogens with zero attached hydrogens (tertiary/aromatic N) is 1. The Morgan fingerprint density at radius 2 is 1.95 bits per heavy atom. The maximum Gasteiger partial charge on any atom is 0.255 e. The molecule has 5 heteroatoms. The molecular formula is C15H15N3O2. The number of benzene rings is 1. The molecule has 3 N–H and O–H groups in total. The van der Waals surface area contributed by atoms with Crippen molar-refractivity contribution in [2.75, 3.05) is 10.6 Å². The summed E-state index contributed by atoms with van der Waals surface area (Å²) in [6.45, 7) is 0. The Hall–Kier alpha value is -2.56. The molecule has 3 rings (SSSR count). The third kappa shape index (κ3) is 3.06. The predicted octanol–water partition coefficient (Wildman–Crippen LogP) is 2.61. The summed E-state index contributed by atoms with van der Waals surface area (Å²) in [5, 5.41) is 15.2. The molecule has 1 aromatic heterocycles. The molecule has 2 aromatic rings. The maximum absolute atomic E-state index is 12.1. The summed E-state index contributed by atoms with van der Waals surface area (Å²) in [5.74, 6) is 0.700. The van der Waals surface area contributed by atoms with Crippen LogP contribution in [0.25, 0.3) is 0 Å². The quantitative estimate of drug-likeness (QED) is 0.746. The molecule has 0 bridgehead atoms. The number of pyridine rings is 1. The smallest absolute Gasteiger partial charge is 0.255 e. The summed E-state index contributed by atoms with van der Waals surface area (Å²) < 4.78 is 0. The normalized spacial score (nSPS) is 13.8. The number of carbonyl (C=O) groups excluding carboxylic acids is 1. The lowest BCUT2D eigenvalue weighted by atomic mass is 10.2. The van der Waals surface area contributed by atoms with E-state index >= 15 is 0 Å². The van der Waals surface area contributed by atoms with Gasteiger partial charge < -0.3 is 15.7 Å². The summed E-state index contributed by atoms with van der Waals surface area (Å²) >= 11 is 0. The lowest BCUT2D eigenvalue weighted by molar-refractivity contribution is 0.102. The molecule has 1 fully saturated rings. The Kier molecular flexibility index (Phi) is 3.25.